The molecule has 0 saturated heterocycles. The molecular formula is C35H30O8. The summed E-state index contributed by atoms with van der Waals surface area (Å²) in [5.74, 6) is 1.20. The van der Waals surface area contributed by atoms with Crippen LogP contribution in [0, 0.1) is 0 Å². The smallest absolute Gasteiger partial charge is 0.196 e. The van der Waals surface area contributed by atoms with Gasteiger partial charge >= 0.3 is 0 Å². The highest BCUT2D eigenvalue weighted by Gasteiger charge is 2.51. The predicted octanol–water partition coefficient (Wildman–Crippen LogP) is 4.63. The van der Waals surface area contributed by atoms with Crippen LogP contribution in [0.3, 0.4) is 0 Å². The van der Waals surface area contributed by atoms with E-state index in [2.05, 4.69) is 0 Å². The van der Waals surface area contributed by atoms with Gasteiger partial charge in [-0.15, -0.1) is 0 Å². The first-order valence-corrected chi connectivity index (χ1v) is 14.4. The number of ether oxygens (including phenoxy) is 2. The molecule has 2 aliphatic rings. The Labute approximate surface area is 246 Å². The van der Waals surface area contributed by atoms with Crippen LogP contribution in [-0.2, 0) is 25.7 Å². The maximum absolute atomic E-state index is 13.5. The Morgan fingerprint density at radius 2 is 1.44 bits per heavy atom. The summed E-state index contributed by atoms with van der Waals surface area (Å²) in [5, 5.41) is 22.7. The summed E-state index contributed by atoms with van der Waals surface area (Å²) in [5.41, 5.74) is 2.55. The van der Waals surface area contributed by atoms with Crippen LogP contribution in [-0.4, -0.2) is 29.5 Å². The number of hydrogen-bond acceptors (Lipinski definition) is 8. The lowest BCUT2D eigenvalue weighted by molar-refractivity contribution is -0.0818. The number of rotatable bonds is 7. The van der Waals surface area contributed by atoms with Crippen LogP contribution >= 0.6 is 0 Å². The molecule has 218 valence electrons. The Bertz CT molecular complexity index is 1920. The summed E-state index contributed by atoms with van der Waals surface area (Å²) in [6, 6.07) is 23.9. The lowest BCUT2D eigenvalue weighted by Gasteiger charge is -2.43. The molecule has 0 unspecified atom stereocenters. The van der Waals surface area contributed by atoms with Crippen molar-refractivity contribution >= 4 is 11.0 Å². The number of methoxy groups -OCH3 is 1. The monoisotopic (exact) mass is 578 g/mol. The predicted molar refractivity (Wildman–Crippen MR) is 159 cm³/mol. The van der Waals surface area contributed by atoms with Gasteiger partial charge in [0.2, 0.25) is 0 Å². The first-order valence-electron chi connectivity index (χ1n) is 14.4. The van der Waals surface area contributed by atoms with Crippen molar-refractivity contribution in [1.82, 2.24) is 0 Å². The zero-order valence-electron chi connectivity index (χ0n) is 23.5. The Kier molecular flexibility index (Phi) is 6.88. The van der Waals surface area contributed by atoms with E-state index in [4.69, 9.17) is 18.3 Å². The van der Waals surface area contributed by atoms with Crippen LogP contribution in [0.5, 0.6) is 11.5 Å². The molecule has 4 atom stereocenters. The molecule has 2 N–H and O–H groups in total. The molecule has 1 aliphatic carbocycles. The molecule has 7 rings (SSSR count). The summed E-state index contributed by atoms with van der Waals surface area (Å²) in [7, 11) is 1.61. The summed E-state index contributed by atoms with van der Waals surface area (Å²) in [6.45, 7) is 0. The van der Waals surface area contributed by atoms with Gasteiger partial charge in [-0.25, -0.2) is 0 Å². The zero-order chi connectivity index (χ0) is 29.7. The van der Waals surface area contributed by atoms with E-state index in [0.717, 1.165) is 16.9 Å². The van der Waals surface area contributed by atoms with Gasteiger partial charge in [0.1, 0.15) is 45.9 Å². The van der Waals surface area contributed by atoms with Gasteiger partial charge in [0.05, 0.1) is 12.7 Å². The molecule has 0 radical (unpaired) electrons. The summed E-state index contributed by atoms with van der Waals surface area (Å²) in [6.07, 6.45) is -1.43. The average molecular weight is 579 g/mol. The Hall–Kier alpha value is -4.66. The summed E-state index contributed by atoms with van der Waals surface area (Å²) >= 11 is 0. The highest BCUT2D eigenvalue weighted by atomic mass is 16.5. The van der Waals surface area contributed by atoms with E-state index < -0.39 is 24.2 Å². The fourth-order valence-electron chi connectivity index (χ4n) is 6.28. The Balaban J connectivity index is 1.23. The number of fused-ring (bicyclic) bond motifs is 8. The number of benzene rings is 3. The fourth-order valence-corrected chi connectivity index (χ4v) is 6.28. The molecule has 3 heterocycles. The third-order valence-corrected chi connectivity index (χ3v) is 8.47. The minimum atomic E-state index is -1.41. The molecule has 2 aromatic heterocycles. The van der Waals surface area contributed by atoms with Crippen LogP contribution in [0.15, 0.2) is 97.3 Å². The van der Waals surface area contributed by atoms with Crippen molar-refractivity contribution in [1.29, 1.82) is 0 Å². The van der Waals surface area contributed by atoms with Gasteiger partial charge in [0, 0.05) is 36.5 Å². The van der Waals surface area contributed by atoms with Gasteiger partial charge in [-0.3, -0.25) is 9.59 Å². The standard InChI is InChI=1S/C35H30O8/c1-40-21-11-7-20(8-12-21)10-14-23-18-26(37)30-28-24-15-16-27-29(33(24)43-35(31(28)38)32(39)34(30)42-23)25(36)17-22(41-27)13-9-19-5-3-2-4-6-19/h2-8,11-12,15-18,28,31-32,35,38-39H,9-10,13-14H2,1H3/t28-,31+,32-,35-/m1/s1. The number of aliphatic hydroxyl groups excluding tert-OH is 2. The third-order valence-electron chi connectivity index (χ3n) is 8.47. The van der Waals surface area contributed by atoms with Crippen molar-refractivity contribution in [3.05, 3.63) is 139 Å². The van der Waals surface area contributed by atoms with Gasteiger partial charge in [-0.1, -0.05) is 48.5 Å². The van der Waals surface area contributed by atoms with E-state index in [1.54, 1.807) is 19.2 Å². The van der Waals surface area contributed by atoms with Crippen LogP contribution in [0.25, 0.3) is 11.0 Å². The lowest BCUT2D eigenvalue weighted by Crippen LogP contribution is -2.50. The van der Waals surface area contributed by atoms with Crippen LogP contribution < -0.4 is 20.3 Å². The number of aryl methyl sites for hydroxylation is 4. The Morgan fingerprint density at radius 1 is 0.767 bits per heavy atom. The maximum Gasteiger partial charge on any atom is 0.196 e. The normalized spacial score (nSPS) is 20.3. The number of hydrogen-bond donors (Lipinski definition) is 2. The highest BCUT2D eigenvalue weighted by Crippen LogP contribution is 2.50. The van der Waals surface area contributed by atoms with Crippen LogP contribution in [0.2, 0.25) is 0 Å². The quantitative estimate of drug-likeness (QED) is 0.287. The molecule has 0 amide bonds. The average Bonchev–Trinajstić information content (AvgIpc) is 3.02. The van der Waals surface area contributed by atoms with Crippen molar-refractivity contribution in [2.75, 3.05) is 7.11 Å². The molecule has 2 bridgehead atoms. The molecule has 0 saturated carbocycles. The lowest BCUT2D eigenvalue weighted by atomic mass is 9.74. The fraction of sp³-hybridized carbons (Fsp3) is 0.257. The third kappa shape index (κ3) is 4.82. The van der Waals surface area contributed by atoms with E-state index >= 15 is 0 Å². The van der Waals surface area contributed by atoms with Gasteiger partial charge in [-0.2, -0.15) is 0 Å². The topological polar surface area (TPSA) is 119 Å². The minimum Gasteiger partial charge on any atom is -0.497 e. The molecular weight excluding hydrogens is 548 g/mol. The van der Waals surface area contributed by atoms with E-state index in [1.807, 2.05) is 54.6 Å². The van der Waals surface area contributed by atoms with E-state index in [9.17, 15) is 19.8 Å². The maximum atomic E-state index is 13.5. The second kappa shape index (κ2) is 10.9. The summed E-state index contributed by atoms with van der Waals surface area (Å²) < 4.78 is 23.6. The van der Waals surface area contributed by atoms with E-state index in [1.165, 1.54) is 12.1 Å². The zero-order valence-corrected chi connectivity index (χ0v) is 23.5. The molecule has 1 aliphatic heterocycles. The van der Waals surface area contributed by atoms with Gasteiger partial charge in [0.25, 0.3) is 0 Å². The largest absolute Gasteiger partial charge is 0.497 e. The SMILES string of the molecule is COc1ccc(CCc2cc(=O)c3c(o2)[C@@H](O)[C@@H]2Oc4c(ccc5oc(CCc6ccccc6)cc(=O)c45)[C@H]3[C@@H]2O)cc1. The molecule has 0 fully saturated rings. The molecule has 8 nitrogen and oxygen atoms in total. The first kappa shape index (κ1) is 27.2. The van der Waals surface area contributed by atoms with Gasteiger partial charge in [0.15, 0.2) is 23.1 Å². The molecule has 0 spiro atoms. The van der Waals surface area contributed by atoms with Crippen LogP contribution in [0.1, 0.15) is 51.6 Å². The second-order valence-corrected chi connectivity index (χ2v) is 11.1. The van der Waals surface area contributed by atoms with Crippen molar-refractivity contribution < 1.29 is 28.5 Å². The van der Waals surface area contributed by atoms with E-state index in [-0.39, 0.29) is 33.3 Å². The molecule has 5 aromatic rings. The van der Waals surface area contributed by atoms with Crippen molar-refractivity contribution in [3.8, 4) is 11.5 Å². The van der Waals surface area contributed by atoms with Crippen molar-refractivity contribution in [2.45, 2.75) is 49.9 Å². The minimum absolute atomic E-state index is 0.0894. The molecule has 3 aromatic carbocycles. The van der Waals surface area contributed by atoms with Gasteiger partial charge in [-0.05, 0) is 42.2 Å². The van der Waals surface area contributed by atoms with Crippen molar-refractivity contribution in [3.63, 3.8) is 0 Å². The van der Waals surface area contributed by atoms with Gasteiger partial charge < -0.3 is 28.5 Å². The molecule has 43 heavy (non-hydrogen) atoms. The van der Waals surface area contributed by atoms with Crippen molar-refractivity contribution in [2.24, 2.45) is 0 Å². The first-order chi connectivity index (χ1) is 20.9. The molecule has 8 heteroatoms. The second-order valence-electron chi connectivity index (χ2n) is 11.1. The Morgan fingerprint density at radius 3 is 2.16 bits per heavy atom. The van der Waals surface area contributed by atoms with Crippen LogP contribution in [0.4, 0.5) is 0 Å². The highest BCUT2D eigenvalue weighted by molar-refractivity contribution is 5.86. The number of aliphatic hydroxyl groups is 2. The summed E-state index contributed by atoms with van der Waals surface area (Å²) in [4.78, 5) is 26.9. The van der Waals surface area contributed by atoms with E-state index in [0.29, 0.717) is 48.4 Å².